The number of hydrogen-bond donors (Lipinski definition) is 2. The van der Waals surface area contributed by atoms with E-state index in [1.54, 1.807) is 42.5 Å². The van der Waals surface area contributed by atoms with Crippen LogP contribution in [0.15, 0.2) is 77.3 Å². The number of ether oxygens (including phenoxy) is 1. The number of halogens is 1. The maximum Gasteiger partial charge on any atom is 0.255 e. The lowest BCUT2D eigenvalue weighted by atomic mass is 10.1. The highest BCUT2D eigenvalue weighted by Gasteiger charge is 2.10. The first-order valence-corrected chi connectivity index (χ1v) is 10.0. The molecule has 0 aliphatic heterocycles. The van der Waals surface area contributed by atoms with Gasteiger partial charge in [0.05, 0.1) is 17.5 Å². The Hall–Kier alpha value is -3.12. The summed E-state index contributed by atoms with van der Waals surface area (Å²) in [4.78, 5) is 24.6. The minimum Gasteiger partial charge on any atom is -0.493 e. The number of anilines is 2. The summed E-state index contributed by atoms with van der Waals surface area (Å²) in [6.45, 7) is 2.46. The number of carbonyl (C=O) groups excluding carboxylic acids is 2. The highest BCUT2D eigenvalue weighted by atomic mass is 79.9. The fourth-order valence-electron chi connectivity index (χ4n) is 2.74. The molecule has 0 aromatic heterocycles. The van der Waals surface area contributed by atoms with Gasteiger partial charge in [-0.25, -0.2) is 0 Å². The second-order valence-corrected chi connectivity index (χ2v) is 7.17. The predicted molar refractivity (Wildman–Crippen MR) is 118 cm³/mol. The van der Waals surface area contributed by atoms with Crippen LogP contribution in [0.1, 0.15) is 22.8 Å². The molecule has 0 saturated carbocycles. The van der Waals surface area contributed by atoms with E-state index in [0.29, 0.717) is 35.7 Å². The number of benzene rings is 3. The normalized spacial score (nSPS) is 10.3. The Bertz CT molecular complexity index is 989. The molecule has 0 heterocycles. The second-order valence-electron chi connectivity index (χ2n) is 6.32. The summed E-state index contributed by atoms with van der Waals surface area (Å²) in [5.74, 6) is 0.376. The number of amides is 2. The van der Waals surface area contributed by atoms with Crippen molar-refractivity contribution in [3.63, 3.8) is 0 Å². The Labute approximate surface area is 178 Å². The molecule has 3 rings (SSSR count). The molecule has 5 nitrogen and oxygen atoms in total. The fraction of sp³-hybridized carbons (Fsp3) is 0.130. The van der Waals surface area contributed by atoms with Gasteiger partial charge in [-0.2, -0.15) is 0 Å². The van der Waals surface area contributed by atoms with Crippen molar-refractivity contribution in [3.05, 3.63) is 88.4 Å². The lowest BCUT2D eigenvalue weighted by molar-refractivity contribution is -0.115. The quantitative estimate of drug-likeness (QED) is 0.512. The van der Waals surface area contributed by atoms with Crippen LogP contribution in [0.25, 0.3) is 0 Å². The molecule has 3 aromatic rings. The van der Waals surface area contributed by atoms with Crippen LogP contribution in [0.3, 0.4) is 0 Å². The van der Waals surface area contributed by atoms with Crippen molar-refractivity contribution >= 4 is 39.1 Å². The number of rotatable bonds is 7. The van der Waals surface area contributed by atoms with E-state index in [0.717, 1.165) is 10.0 Å². The molecule has 0 saturated heterocycles. The Morgan fingerprint density at radius 2 is 1.55 bits per heavy atom. The number of carbonyl (C=O) groups is 2. The lowest BCUT2D eigenvalue weighted by Crippen LogP contribution is -2.15. The van der Waals surface area contributed by atoms with E-state index in [-0.39, 0.29) is 11.8 Å². The van der Waals surface area contributed by atoms with Gasteiger partial charge in [0.25, 0.3) is 5.91 Å². The van der Waals surface area contributed by atoms with Gasteiger partial charge in [0.2, 0.25) is 5.91 Å². The van der Waals surface area contributed by atoms with Crippen LogP contribution < -0.4 is 15.4 Å². The largest absolute Gasteiger partial charge is 0.493 e. The first-order chi connectivity index (χ1) is 14.0. The molecule has 0 fully saturated rings. The van der Waals surface area contributed by atoms with Crippen LogP contribution in [-0.4, -0.2) is 18.4 Å². The molecule has 0 aliphatic rings. The fourth-order valence-corrected chi connectivity index (χ4v) is 3.23. The average molecular weight is 453 g/mol. The zero-order valence-corrected chi connectivity index (χ0v) is 17.5. The van der Waals surface area contributed by atoms with Crippen LogP contribution in [0, 0.1) is 0 Å². The van der Waals surface area contributed by atoms with Crippen molar-refractivity contribution in [1.82, 2.24) is 0 Å². The molecule has 29 heavy (non-hydrogen) atoms. The van der Waals surface area contributed by atoms with Crippen molar-refractivity contribution in [2.24, 2.45) is 0 Å². The molecule has 0 unspecified atom stereocenters. The summed E-state index contributed by atoms with van der Waals surface area (Å²) in [6, 6.07) is 21.8. The van der Waals surface area contributed by atoms with Crippen LogP contribution in [0.2, 0.25) is 0 Å². The van der Waals surface area contributed by atoms with Gasteiger partial charge in [-0.3, -0.25) is 9.59 Å². The third-order valence-electron chi connectivity index (χ3n) is 4.13. The Balaban J connectivity index is 1.58. The Morgan fingerprint density at radius 3 is 2.17 bits per heavy atom. The van der Waals surface area contributed by atoms with Gasteiger partial charge < -0.3 is 15.4 Å². The molecule has 2 N–H and O–H groups in total. The van der Waals surface area contributed by atoms with Crippen molar-refractivity contribution in [2.75, 3.05) is 17.2 Å². The van der Waals surface area contributed by atoms with Gasteiger partial charge in [-0.15, -0.1) is 0 Å². The Morgan fingerprint density at radius 1 is 0.897 bits per heavy atom. The van der Waals surface area contributed by atoms with E-state index in [2.05, 4.69) is 26.6 Å². The molecule has 3 aromatic carbocycles. The average Bonchev–Trinajstić information content (AvgIpc) is 2.72. The molecule has 0 atom stereocenters. The van der Waals surface area contributed by atoms with E-state index >= 15 is 0 Å². The van der Waals surface area contributed by atoms with Crippen molar-refractivity contribution in [3.8, 4) is 5.75 Å². The molecule has 0 bridgehead atoms. The summed E-state index contributed by atoms with van der Waals surface area (Å²) in [6.07, 6.45) is 0.311. The molecule has 0 spiro atoms. The molecular formula is C23H21BrN2O3. The van der Waals surface area contributed by atoms with Crippen molar-refractivity contribution in [1.29, 1.82) is 0 Å². The van der Waals surface area contributed by atoms with Crippen molar-refractivity contribution in [2.45, 2.75) is 13.3 Å². The predicted octanol–water partition coefficient (Wildman–Crippen LogP) is 5.28. The summed E-state index contributed by atoms with van der Waals surface area (Å²) in [7, 11) is 0. The van der Waals surface area contributed by atoms with E-state index in [9.17, 15) is 9.59 Å². The van der Waals surface area contributed by atoms with E-state index < -0.39 is 0 Å². The highest BCUT2D eigenvalue weighted by molar-refractivity contribution is 9.10. The van der Waals surface area contributed by atoms with Gasteiger partial charge in [0.1, 0.15) is 5.75 Å². The van der Waals surface area contributed by atoms with Gasteiger partial charge in [0.15, 0.2) is 0 Å². The van der Waals surface area contributed by atoms with Gasteiger partial charge in [-0.05, 0) is 70.9 Å². The number of hydrogen-bond acceptors (Lipinski definition) is 3. The maximum atomic E-state index is 12.5. The third-order valence-corrected chi connectivity index (χ3v) is 4.75. The summed E-state index contributed by atoms with van der Waals surface area (Å²) in [5.41, 5.74) is 2.78. The topological polar surface area (TPSA) is 67.4 Å². The van der Waals surface area contributed by atoms with E-state index in [1.807, 2.05) is 37.3 Å². The smallest absolute Gasteiger partial charge is 0.255 e. The molecule has 0 aliphatic carbocycles. The van der Waals surface area contributed by atoms with Gasteiger partial charge in [0, 0.05) is 16.9 Å². The van der Waals surface area contributed by atoms with E-state index in [1.165, 1.54) is 0 Å². The number of nitrogens with one attached hydrogen (secondary N) is 2. The minimum atomic E-state index is -0.227. The van der Waals surface area contributed by atoms with Gasteiger partial charge >= 0.3 is 0 Å². The minimum absolute atomic E-state index is 0.0905. The van der Waals surface area contributed by atoms with Gasteiger partial charge in [-0.1, -0.05) is 30.3 Å². The maximum absolute atomic E-state index is 12.5. The molecule has 0 radical (unpaired) electrons. The summed E-state index contributed by atoms with van der Waals surface area (Å²) < 4.78 is 6.18. The van der Waals surface area contributed by atoms with Crippen LogP contribution in [0.4, 0.5) is 11.4 Å². The Kier molecular flexibility index (Phi) is 7.03. The highest BCUT2D eigenvalue weighted by Crippen LogP contribution is 2.26. The zero-order chi connectivity index (χ0) is 20.6. The zero-order valence-electron chi connectivity index (χ0n) is 15.9. The summed E-state index contributed by atoms with van der Waals surface area (Å²) >= 11 is 3.41. The van der Waals surface area contributed by atoms with Crippen molar-refractivity contribution < 1.29 is 14.3 Å². The second kappa shape index (κ2) is 9.89. The molecule has 2 amide bonds. The van der Waals surface area contributed by atoms with Crippen LogP contribution in [-0.2, 0) is 11.2 Å². The lowest BCUT2D eigenvalue weighted by Gasteiger charge is -2.10. The van der Waals surface area contributed by atoms with Crippen LogP contribution in [0.5, 0.6) is 5.75 Å². The SMILES string of the molecule is CCOc1ccc(C(=O)Nc2ccc(NC(=O)Cc3ccccc3)cc2)cc1Br. The molecular weight excluding hydrogens is 432 g/mol. The van der Waals surface area contributed by atoms with Crippen LogP contribution >= 0.6 is 15.9 Å². The van der Waals surface area contributed by atoms with E-state index in [4.69, 9.17) is 4.74 Å². The first-order valence-electron chi connectivity index (χ1n) is 9.22. The third kappa shape index (κ3) is 5.93. The molecule has 6 heteroatoms. The molecule has 148 valence electrons. The standard InChI is InChI=1S/C23H21BrN2O3/c1-2-29-21-13-8-17(15-20(21)24)23(28)26-19-11-9-18(10-12-19)25-22(27)14-16-6-4-3-5-7-16/h3-13,15H,2,14H2,1H3,(H,25,27)(H,26,28). The first kappa shape index (κ1) is 20.6. The monoisotopic (exact) mass is 452 g/mol. The summed E-state index contributed by atoms with van der Waals surface area (Å²) in [5, 5.41) is 5.70.